The molecule has 0 radical (unpaired) electrons. The van der Waals surface area contributed by atoms with Crippen molar-refractivity contribution in [3.05, 3.63) is 70.7 Å². The minimum Gasteiger partial charge on any atom is -0.494 e. The van der Waals surface area contributed by atoms with Gasteiger partial charge in [-0.05, 0) is 43.3 Å². The van der Waals surface area contributed by atoms with E-state index < -0.39 is 11.7 Å². The normalized spacial score (nSPS) is 11.8. The molecule has 0 fully saturated rings. The first kappa shape index (κ1) is 20.4. The summed E-state index contributed by atoms with van der Waals surface area (Å²) in [5.74, 6) is 0.747. The molecule has 0 aliphatic carbocycles. The number of anilines is 1. The van der Waals surface area contributed by atoms with Crippen LogP contribution in [0.3, 0.4) is 0 Å². The van der Waals surface area contributed by atoms with Gasteiger partial charge in [0.25, 0.3) is 0 Å². The van der Waals surface area contributed by atoms with Gasteiger partial charge < -0.3 is 10.1 Å². The first-order valence-electron chi connectivity index (χ1n) is 8.64. The lowest BCUT2D eigenvalue weighted by atomic mass is 10.1. The third-order valence-corrected chi connectivity index (χ3v) is 4.80. The molecule has 0 spiro atoms. The number of alkyl halides is 3. The monoisotopic (exact) mass is 415 g/mol. The molecule has 1 N–H and O–H groups in total. The third-order valence-electron chi connectivity index (χ3n) is 3.92. The second kappa shape index (κ2) is 8.80. The van der Waals surface area contributed by atoms with Crippen LogP contribution in [0, 0.1) is 11.3 Å². The summed E-state index contributed by atoms with van der Waals surface area (Å²) in [5.41, 5.74) is 0.733. The van der Waals surface area contributed by atoms with Gasteiger partial charge in [0.2, 0.25) is 0 Å². The number of benzene rings is 2. The summed E-state index contributed by atoms with van der Waals surface area (Å²) in [7, 11) is 0. The number of allylic oxidation sites excluding steroid dienone is 1. The second-order valence-electron chi connectivity index (χ2n) is 5.85. The van der Waals surface area contributed by atoms with Crippen molar-refractivity contribution in [2.24, 2.45) is 0 Å². The highest BCUT2D eigenvalue weighted by Gasteiger charge is 2.33. The third kappa shape index (κ3) is 4.95. The zero-order valence-electron chi connectivity index (χ0n) is 15.3. The lowest BCUT2D eigenvalue weighted by molar-refractivity contribution is -0.136. The number of ether oxygens (including phenoxy) is 1. The van der Waals surface area contributed by atoms with Gasteiger partial charge in [-0.2, -0.15) is 18.4 Å². The van der Waals surface area contributed by atoms with Crippen molar-refractivity contribution in [3.63, 3.8) is 0 Å². The first-order chi connectivity index (χ1) is 13.9. The zero-order chi connectivity index (χ0) is 20.9. The molecule has 3 rings (SSSR count). The SMILES string of the molecule is CCOc1ccc(-c2csc(/C(C#N)=C/Nc3ccccc3C(F)(F)F)n2)cc1. The maximum atomic E-state index is 13.1. The van der Waals surface area contributed by atoms with E-state index in [1.807, 2.05) is 37.3 Å². The standard InChI is InChI=1S/C21H16F3N3OS/c1-2-28-16-9-7-14(8-10-16)19-13-29-20(27-19)15(11-25)12-26-18-6-4-3-5-17(18)21(22,23)24/h3-10,12-13,26H,2H2,1H3/b15-12+. The van der Waals surface area contributed by atoms with E-state index in [1.54, 1.807) is 5.38 Å². The second-order valence-corrected chi connectivity index (χ2v) is 6.71. The van der Waals surface area contributed by atoms with Crippen molar-refractivity contribution in [2.75, 3.05) is 11.9 Å². The van der Waals surface area contributed by atoms with Crippen LogP contribution in [-0.2, 0) is 6.18 Å². The van der Waals surface area contributed by atoms with E-state index >= 15 is 0 Å². The minimum absolute atomic E-state index is 0.129. The number of para-hydroxylation sites is 1. The number of nitriles is 1. The van der Waals surface area contributed by atoms with E-state index in [-0.39, 0.29) is 11.3 Å². The summed E-state index contributed by atoms with van der Waals surface area (Å²) in [6, 6.07) is 14.4. The smallest absolute Gasteiger partial charge is 0.418 e. The summed E-state index contributed by atoms with van der Waals surface area (Å²) in [4.78, 5) is 4.44. The Labute approximate surface area is 169 Å². The van der Waals surface area contributed by atoms with Gasteiger partial charge in [-0.25, -0.2) is 4.98 Å². The molecule has 0 unspecified atom stereocenters. The van der Waals surface area contributed by atoms with Crippen LogP contribution in [0.2, 0.25) is 0 Å². The van der Waals surface area contributed by atoms with Crippen LogP contribution in [0.15, 0.2) is 60.1 Å². The van der Waals surface area contributed by atoms with Crippen molar-refractivity contribution in [2.45, 2.75) is 13.1 Å². The number of halogens is 3. The molecule has 0 saturated carbocycles. The Bertz CT molecular complexity index is 1050. The number of hydrogen-bond acceptors (Lipinski definition) is 5. The Balaban J connectivity index is 1.82. The summed E-state index contributed by atoms with van der Waals surface area (Å²) in [6.45, 7) is 2.47. The maximum absolute atomic E-state index is 13.1. The van der Waals surface area contributed by atoms with Crippen LogP contribution >= 0.6 is 11.3 Å². The van der Waals surface area contributed by atoms with Crippen molar-refractivity contribution in [1.82, 2.24) is 4.98 Å². The highest BCUT2D eigenvalue weighted by Crippen LogP contribution is 2.35. The minimum atomic E-state index is -4.49. The molecule has 0 saturated heterocycles. The van der Waals surface area contributed by atoms with Gasteiger partial charge in [-0.15, -0.1) is 11.3 Å². The molecule has 0 atom stereocenters. The molecule has 1 heterocycles. The number of nitrogens with zero attached hydrogens (tertiary/aromatic N) is 2. The van der Waals surface area contributed by atoms with Gasteiger partial charge in [-0.3, -0.25) is 0 Å². The van der Waals surface area contributed by atoms with Crippen LogP contribution in [0.5, 0.6) is 5.75 Å². The van der Waals surface area contributed by atoms with Gasteiger partial charge in [0.1, 0.15) is 22.4 Å². The van der Waals surface area contributed by atoms with Crippen LogP contribution in [0.25, 0.3) is 16.8 Å². The van der Waals surface area contributed by atoms with E-state index in [1.165, 1.54) is 35.7 Å². The number of thiazole rings is 1. The summed E-state index contributed by atoms with van der Waals surface area (Å²) in [5, 5.41) is 14.2. The highest BCUT2D eigenvalue weighted by atomic mass is 32.1. The molecule has 29 heavy (non-hydrogen) atoms. The Morgan fingerprint density at radius 3 is 2.59 bits per heavy atom. The molecule has 148 valence electrons. The van der Waals surface area contributed by atoms with E-state index in [0.717, 1.165) is 17.4 Å². The molecule has 2 aromatic carbocycles. The highest BCUT2D eigenvalue weighted by molar-refractivity contribution is 7.11. The fraction of sp³-hybridized carbons (Fsp3) is 0.143. The lowest BCUT2D eigenvalue weighted by Gasteiger charge is -2.12. The Morgan fingerprint density at radius 1 is 1.21 bits per heavy atom. The van der Waals surface area contributed by atoms with Gasteiger partial charge in [0.05, 0.1) is 23.6 Å². The number of aromatic nitrogens is 1. The molecule has 4 nitrogen and oxygen atoms in total. The van der Waals surface area contributed by atoms with Crippen molar-refractivity contribution < 1.29 is 17.9 Å². The van der Waals surface area contributed by atoms with Crippen molar-refractivity contribution in [3.8, 4) is 23.1 Å². The molecule has 0 aliphatic heterocycles. The average Bonchev–Trinajstić information content (AvgIpc) is 3.19. The quantitative estimate of drug-likeness (QED) is 0.487. The summed E-state index contributed by atoms with van der Waals surface area (Å²) in [6.07, 6.45) is -3.25. The van der Waals surface area contributed by atoms with Gasteiger partial charge >= 0.3 is 6.18 Å². The first-order valence-corrected chi connectivity index (χ1v) is 9.52. The maximum Gasteiger partial charge on any atom is 0.418 e. The number of nitrogens with one attached hydrogen (secondary N) is 1. The fourth-order valence-electron chi connectivity index (χ4n) is 2.57. The summed E-state index contributed by atoms with van der Waals surface area (Å²) < 4.78 is 44.7. The molecular weight excluding hydrogens is 399 g/mol. The Kier molecular flexibility index (Phi) is 6.20. The van der Waals surface area contributed by atoms with Crippen LogP contribution < -0.4 is 10.1 Å². The Hall–Kier alpha value is -3.31. The largest absolute Gasteiger partial charge is 0.494 e. The van der Waals surface area contributed by atoms with E-state index in [4.69, 9.17) is 4.74 Å². The van der Waals surface area contributed by atoms with Crippen LogP contribution in [0.4, 0.5) is 18.9 Å². The fourth-order valence-corrected chi connectivity index (χ4v) is 3.36. The zero-order valence-corrected chi connectivity index (χ0v) is 16.1. The van der Waals surface area contributed by atoms with Crippen LogP contribution in [-0.4, -0.2) is 11.6 Å². The summed E-state index contributed by atoms with van der Waals surface area (Å²) >= 11 is 1.24. The van der Waals surface area contributed by atoms with Crippen LogP contribution in [0.1, 0.15) is 17.5 Å². The average molecular weight is 415 g/mol. The number of rotatable bonds is 6. The molecule has 1 aromatic heterocycles. The molecule has 8 heteroatoms. The number of hydrogen-bond donors (Lipinski definition) is 1. The molecule has 0 amide bonds. The Morgan fingerprint density at radius 2 is 1.93 bits per heavy atom. The van der Waals surface area contributed by atoms with E-state index in [0.29, 0.717) is 17.3 Å². The van der Waals surface area contributed by atoms with E-state index in [9.17, 15) is 18.4 Å². The van der Waals surface area contributed by atoms with Crippen molar-refractivity contribution in [1.29, 1.82) is 5.26 Å². The predicted molar refractivity (Wildman–Crippen MR) is 107 cm³/mol. The topological polar surface area (TPSA) is 57.9 Å². The van der Waals surface area contributed by atoms with Gasteiger partial charge in [0.15, 0.2) is 0 Å². The molecular formula is C21H16F3N3OS. The molecule has 3 aromatic rings. The lowest BCUT2D eigenvalue weighted by Crippen LogP contribution is -2.08. The predicted octanol–water partition coefficient (Wildman–Crippen LogP) is 6.20. The van der Waals surface area contributed by atoms with Gasteiger partial charge in [-0.1, -0.05) is 12.1 Å². The van der Waals surface area contributed by atoms with E-state index in [2.05, 4.69) is 10.3 Å². The molecule has 0 aliphatic rings. The van der Waals surface area contributed by atoms with Crippen molar-refractivity contribution >= 4 is 22.6 Å². The molecule has 0 bridgehead atoms. The van der Waals surface area contributed by atoms with Gasteiger partial charge in [0, 0.05) is 17.1 Å².